The highest BCUT2D eigenvalue weighted by Gasteiger charge is 2.25. The highest BCUT2D eigenvalue weighted by Crippen LogP contribution is 2.46. The fourth-order valence-corrected chi connectivity index (χ4v) is 7.39. The van der Waals surface area contributed by atoms with Crippen LogP contribution in [0.1, 0.15) is 17.5 Å². The molecule has 0 radical (unpaired) electrons. The van der Waals surface area contributed by atoms with Gasteiger partial charge in [-0.25, -0.2) is 4.39 Å². The van der Waals surface area contributed by atoms with Gasteiger partial charge in [-0.1, -0.05) is 46.8 Å². The SMILES string of the molecule is CCn1c(=Cc2scc[n+]2Cc2cccc(F)c2)sc(=C2Sc3cc(Cl)ccc3N2C)c1=O. The number of hydrogen-bond donors (Lipinski definition) is 0. The standard InChI is InChI=1S/C24H20ClFN3OS3/c1-3-29-21(13-20-28(9-10-31-20)14-15-5-4-6-17(26)11-15)33-22(23(29)30)24-27(2)18-8-7-16(25)12-19(18)32-24/h4-13H,3,14H2,1-2H3/q+1. The number of thioether (sulfide) groups is 1. The van der Waals surface area contributed by atoms with Crippen LogP contribution < -0.4 is 24.2 Å². The number of rotatable bonds is 4. The lowest BCUT2D eigenvalue weighted by atomic mass is 10.2. The molecule has 0 unspecified atom stereocenters. The Morgan fingerprint density at radius 2 is 2.06 bits per heavy atom. The summed E-state index contributed by atoms with van der Waals surface area (Å²) in [7, 11) is 1.98. The minimum absolute atomic E-state index is 0.00948. The summed E-state index contributed by atoms with van der Waals surface area (Å²) >= 11 is 10.8. The van der Waals surface area contributed by atoms with Gasteiger partial charge in [0.2, 0.25) is 0 Å². The summed E-state index contributed by atoms with van der Waals surface area (Å²) in [5.74, 6) is -0.242. The first-order valence-corrected chi connectivity index (χ1v) is 13.2. The molecule has 9 heteroatoms. The summed E-state index contributed by atoms with van der Waals surface area (Å²) in [4.78, 5) is 16.4. The monoisotopic (exact) mass is 516 g/mol. The number of hydrogen-bond acceptors (Lipinski definition) is 5. The van der Waals surface area contributed by atoms with E-state index in [4.69, 9.17) is 11.6 Å². The van der Waals surface area contributed by atoms with Crippen molar-refractivity contribution in [2.45, 2.75) is 24.9 Å². The molecule has 2 aromatic heterocycles. The molecule has 0 bridgehead atoms. The Hall–Kier alpha value is -2.39. The third kappa shape index (κ3) is 4.28. The number of thiazole rings is 2. The third-order valence-electron chi connectivity index (χ3n) is 5.42. The predicted molar refractivity (Wildman–Crippen MR) is 136 cm³/mol. The van der Waals surface area contributed by atoms with E-state index >= 15 is 0 Å². The molecule has 0 spiro atoms. The average molecular weight is 517 g/mol. The normalized spacial score (nSPS) is 15.4. The molecule has 1 aliphatic rings. The van der Waals surface area contributed by atoms with Crippen molar-refractivity contribution in [3.05, 3.63) is 95.0 Å². The van der Waals surface area contributed by atoms with E-state index in [1.54, 1.807) is 35.2 Å². The molecule has 5 rings (SSSR count). The van der Waals surface area contributed by atoms with E-state index in [1.165, 1.54) is 17.4 Å². The summed E-state index contributed by atoms with van der Waals surface area (Å²) in [6.07, 6.45) is 4.03. The lowest BCUT2D eigenvalue weighted by molar-refractivity contribution is -0.685. The van der Waals surface area contributed by atoms with Gasteiger partial charge in [0.05, 0.1) is 17.1 Å². The Morgan fingerprint density at radius 3 is 2.85 bits per heavy atom. The number of nitrogens with zero attached hydrogens (tertiary/aromatic N) is 3. The maximum absolute atomic E-state index is 13.6. The Labute approximate surface area is 207 Å². The molecular formula is C24H20ClFN3OS3+. The van der Waals surface area contributed by atoms with Crippen LogP contribution in [-0.4, -0.2) is 11.6 Å². The van der Waals surface area contributed by atoms with Crippen molar-refractivity contribution in [1.82, 2.24) is 4.57 Å². The molecule has 0 amide bonds. The molecular weight excluding hydrogens is 497 g/mol. The van der Waals surface area contributed by atoms with Gasteiger partial charge >= 0.3 is 0 Å². The second-order valence-electron chi connectivity index (χ2n) is 7.54. The van der Waals surface area contributed by atoms with Gasteiger partial charge in [0.15, 0.2) is 12.7 Å². The van der Waals surface area contributed by atoms with Gasteiger partial charge in [0.1, 0.15) is 20.0 Å². The first-order chi connectivity index (χ1) is 15.9. The highest BCUT2D eigenvalue weighted by atomic mass is 35.5. The summed E-state index contributed by atoms with van der Waals surface area (Å²) < 4.78 is 19.1. The van der Waals surface area contributed by atoms with Crippen molar-refractivity contribution >= 4 is 62.8 Å². The molecule has 168 valence electrons. The fraction of sp³-hybridized carbons (Fsp3) is 0.167. The molecule has 0 fully saturated rings. The van der Waals surface area contributed by atoms with Gasteiger partial charge in [-0.3, -0.25) is 9.36 Å². The van der Waals surface area contributed by atoms with Crippen LogP contribution in [0, 0.1) is 5.82 Å². The first kappa shape index (κ1) is 22.4. The second-order valence-corrected chi connectivity index (χ2v) is 11.0. The number of fused-ring (bicyclic) bond motifs is 1. The zero-order valence-electron chi connectivity index (χ0n) is 17.9. The zero-order valence-corrected chi connectivity index (χ0v) is 21.1. The van der Waals surface area contributed by atoms with Gasteiger partial charge in [0.25, 0.3) is 10.6 Å². The second kappa shape index (κ2) is 9.10. The van der Waals surface area contributed by atoms with E-state index in [9.17, 15) is 9.18 Å². The molecule has 0 saturated carbocycles. The van der Waals surface area contributed by atoms with Crippen LogP contribution in [0.25, 0.3) is 11.1 Å². The Morgan fingerprint density at radius 1 is 1.21 bits per heavy atom. The molecule has 4 aromatic rings. The molecule has 33 heavy (non-hydrogen) atoms. The van der Waals surface area contributed by atoms with E-state index in [-0.39, 0.29) is 11.4 Å². The van der Waals surface area contributed by atoms with Gasteiger partial charge in [0, 0.05) is 29.1 Å². The van der Waals surface area contributed by atoms with Crippen LogP contribution in [0.3, 0.4) is 0 Å². The molecule has 0 N–H and O–H groups in total. The number of halogens is 2. The summed E-state index contributed by atoms with van der Waals surface area (Å²) in [6, 6.07) is 12.4. The van der Waals surface area contributed by atoms with Crippen molar-refractivity contribution in [3.8, 4) is 0 Å². The van der Waals surface area contributed by atoms with Crippen molar-refractivity contribution in [1.29, 1.82) is 0 Å². The quantitative estimate of drug-likeness (QED) is 0.380. The van der Waals surface area contributed by atoms with Crippen molar-refractivity contribution < 1.29 is 8.96 Å². The minimum atomic E-state index is -0.242. The maximum Gasteiger partial charge on any atom is 0.271 e. The minimum Gasteiger partial charge on any atom is -0.337 e. The Kier molecular flexibility index (Phi) is 6.18. The summed E-state index contributed by atoms with van der Waals surface area (Å²) in [6.45, 7) is 3.12. The van der Waals surface area contributed by atoms with Crippen LogP contribution in [0.4, 0.5) is 10.1 Å². The van der Waals surface area contributed by atoms with Crippen molar-refractivity contribution in [3.63, 3.8) is 0 Å². The third-order valence-corrected chi connectivity index (χ3v) is 8.97. The van der Waals surface area contributed by atoms with Crippen molar-refractivity contribution in [2.75, 3.05) is 11.9 Å². The van der Waals surface area contributed by atoms with E-state index in [0.717, 1.165) is 35.4 Å². The molecule has 2 aromatic carbocycles. The van der Waals surface area contributed by atoms with Crippen LogP contribution in [0.5, 0.6) is 0 Å². The Balaban J connectivity index is 1.60. The smallest absolute Gasteiger partial charge is 0.271 e. The van der Waals surface area contributed by atoms with E-state index in [0.29, 0.717) is 18.1 Å². The van der Waals surface area contributed by atoms with Crippen LogP contribution in [0.2, 0.25) is 5.02 Å². The van der Waals surface area contributed by atoms with Crippen LogP contribution in [-0.2, 0) is 13.1 Å². The molecule has 3 heterocycles. The number of anilines is 1. The van der Waals surface area contributed by atoms with Gasteiger partial charge in [-0.05, 0) is 37.3 Å². The largest absolute Gasteiger partial charge is 0.337 e. The lowest BCUT2D eigenvalue weighted by Crippen LogP contribution is -2.36. The highest BCUT2D eigenvalue weighted by molar-refractivity contribution is 8.08. The molecule has 4 nitrogen and oxygen atoms in total. The number of benzene rings is 2. The zero-order chi connectivity index (χ0) is 23.1. The van der Waals surface area contributed by atoms with E-state index < -0.39 is 0 Å². The number of aromatic nitrogens is 2. The van der Waals surface area contributed by atoms with E-state index in [2.05, 4.69) is 9.47 Å². The fourth-order valence-electron chi connectivity index (χ4n) is 3.80. The van der Waals surface area contributed by atoms with Crippen LogP contribution >= 0.6 is 46.0 Å². The summed E-state index contributed by atoms with van der Waals surface area (Å²) in [5.41, 5.74) is 1.95. The first-order valence-electron chi connectivity index (χ1n) is 10.3. The van der Waals surface area contributed by atoms with E-state index in [1.807, 2.05) is 60.5 Å². The van der Waals surface area contributed by atoms with Gasteiger partial charge < -0.3 is 4.90 Å². The van der Waals surface area contributed by atoms with Gasteiger partial charge in [-0.2, -0.15) is 4.57 Å². The molecule has 1 aliphatic heterocycles. The van der Waals surface area contributed by atoms with Crippen LogP contribution in [0.15, 0.2) is 63.7 Å². The maximum atomic E-state index is 13.6. The average Bonchev–Trinajstić information content (AvgIpc) is 3.44. The molecule has 0 atom stereocenters. The predicted octanol–water partition coefficient (Wildman–Crippen LogP) is 4.26. The Bertz CT molecular complexity index is 1540. The molecule has 0 aliphatic carbocycles. The van der Waals surface area contributed by atoms with Gasteiger partial charge in [-0.15, -0.1) is 11.3 Å². The topological polar surface area (TPSA) is 29.1 Å². The lowest BCUT2D eigenvalue weighted by Gasteiger charge is -2.12. The van der Waals surface area contributed by atoms with Crippen molar-refractivity contribution in [2.24, 2.45) is 0 Å². The molecule has 0 saturated heterocycles. The summed E-state index contributed by atoms with van der Waals surface area (Å²) in [5, 5.41) is 4.61.